The SMILES string of the molecule is CCCCC/C=C\CC(NC(=O)C1CCCN1C(=O)CNC=O)C(=O)NS(=O)(=O)C1(C)CC1.CO.O=c1[nH]c2ccccc2nc1CCCCCC1CC1. The molecule has 3 fully saturated rings. The largest absolute Gasteiger partial charge is 0.400 e. The maximum atomic E-state index is 12.9. The van der Waals surface area contributed by atoms with Crippen molar-refractivity contribution in [2.24, 2.45) is 5.92 Å². The number of fused-ring (bicyclic) bond motifs is 1. The molecule has 4 amide bonds. The van der Waals surface area contributed by atoms with Gasteiger partial charge in [-0.2, -0.15) is 0 Å². The summed E-state index contributed by atoms with van der Waals surface area (Å²) >= 11 is 0. The minimum Gasteiger partial charge on any atom is -0.400 e. The number of H-pyrrole nitrogens is 1. The number of aromatic amines is 1. The average Bonchev–Trinajstić information content (AvgIpc) is 4.09. The predicted molar refractivity (Wildman–Crippen MR) is 209 cm³/mol. The first-order valence-electron chi connectivity index (χ1n) is 19.4. The van der Waals surface area contributed by atoms with Crippen LogP contribution >= 0.6 is 0 Å². The van der Waals surface area contributed by atoms with Crippen LogP contribution in [0.25, 0.3) is 11.0 Å². The summed E-state index contributed by atoms with van der Waals surface area (Å²) in [7, 11) is -2.84. The number of nitrogens with one attached hydrogen (secondary N) is 4. The Morgan fingerprint density at radius 3 is 2.48 bits per heavy atom. The summed E-state index contributed by atoms with van der Waals surface area (Å²) < 4.78 is 26.2. The van der Waals surface area contributed by atoms with Gasteiger partial charge in [0.2, 0.25) is 28.2 Å². The van der Waals surface area contributed by atoms with E-state index in [0.717, 1.165) is 62.6 Å². The van der Waals surface area contributed by atoms with Gasteiger partial charge in [-0.1, -0.05) is 76.2 Å². The number of benzene rings is 1. The molecule has 2 saturated carbocycles. The van der Waals surface area contributed by atoms with Crippen molar-refractivity contribution in [2.45, 2.75) is 133 Å². The monoisotopic (exact) mass is 772 g/mol. The fraction of sp³-hybridized carbons (Fsp3) is 0.641. The summed E-state index contributed by atoms with van der Waals surface area (Å²) in [4.78, 5) is 69.2. The van der Waals surface area contributed by atoms with Crippen LogP contribution in [0.5, 0.6) is 0 Å². The van der Waals surface area contributed by atoms with Crippen molar-refractivity contribution >= 4 is 45.2 Å². The molecule has 5 rings (SSSR count). The van der Waals surface area contributed by atoms with E-state index in [1.807, 2.05) is 30.3 Å². The molecule has 0 bridgehead atoms. The molecule has 300 valence electrons. The van der Waals surface area contributed by atoms with Crippen LogP contribution in [0.4, 0.5) is 0 Å². The molecule has 2 unspecified atom stereocenters. The van der Waals surface area contributed by atoms with Crippen molar-refractivity contribution < 1.29 is 32.7 Å². The molecule has 1 aromatic heterocycles. The molecule has 2 aliphatic carbocycles. The van der Waals surface area contributed by atoms with Crippen LogP contribution < -0.4 is 20.9 Å². The van der Waals surface area contributed by atoms with Crippen molar-refractivity contribution in [3.8, 4) is 0 Å². The number of carbonyl (C=O) groups excluding carboxylic acids is 4. The Labute approximate surface area is 319 Å². The highest BCUT2D eigenvalue weighted by molar-refractivity contribution is 7.91. The lowest BCUT2D eigenvalue weighted by Crippen LogP contribution is -2.55. The molecule has 1 aliphatic heterocycles. The number of aromatic nitrogens is 2. The number of allylic oxidation sites excluding steroid dienone is 1. The third-order valence-corrected chi connectivity index (χ3v) is 12.3. The fourth-order valence-electron chi connectivity index (χ4n) is 6.25. The smallest absolute Gasteiger partial charge is 0.270 e. The Hall–Kier alpha value is -4.11. The van der Waals surface area contributed by atoms with Crippen LogP contribution in [-0.2, 0) is 35.6 Å². The zero-order valence-corrected chi connectivity index (χ0v) is 32.9. The second-order valence-electron chi connectivity index (χ2n) is 14.5. The van der Waals surface area contributed by atoms with Gasteiger partial charge in [0.1, 0.15) is 17.8 Å². The Balaban J connectivity index is 0.000000313. The fourth-order valence-corrected chi connectivity index (χ4v) is 7.54. The highest BCUT2D eigenvalue weighted by Crippen LogP contribution is 2.42. The standard InChI is InChI=1S/C22H36N4O6S.C16H20N2O.CH4O/c1-3-4-5-6-7-8-10-17(20(29)25-33(31,32)22(2)12-13-22)24-21(30)18-11-9-14-26(18)19(28)15-23-16-27;19-16-15(9-3-1-2-6-12-10-11-12)17-13-7-4-5-8-14(13)18-16;1-2/h7-8,16-18H,3-6,9-15H2,1-2H3,(H,23,27)(H,24,30)(H,25,29);4-5,7-8,12H,1-3,6,9-11H2,(H,18,19);2H,1H3/b8-7-;;. The number of hydrogen-bond donors (Lipinski definition) is 5. The number of para-hydroxylation sites is 2. The number of amides is 4. The van der Waals surface area contributed by atoms with Crippen LogP contribution in [0.2, 0.25) is 0 Å². The highest BCUT2D eigenvalue weighted by atomic mass is 32.2. The molecule has 5 N–H and O–H groups in total. The number of sulfonamides is 1. The van der Waals surface area contributed by atoms with Crippen molar-refractivity contribution in [3.05, 3.63) is 52.5 Å². The van der Waals surface area contributed by atoms with E-state index >= 15 is 0 Å². The lowest BCUT2D eigenvalue weighted by atomic mass is 10.1. The van der Waals surface area contributed by atoms with Crippen LogP contribution in [-0.4, -0.2) is 89.6 Å². The minimum atomic E-state index is -3.84. The van der Waals surface area contributed by atoms with Crippen LogP contribution in [0.15, 0.2) is 41.2 Å². The summed E-state index contributed by atoms with van der Waals surface area (Å²) in [5.41, 5.74) is 2.37. The van der Waals surface area contributed by atoms with Crippen molar-refractivity contribution in [1.82, 2.24) is 30.2 Å². The number of hydrogen-bond acceptors (Lipinski definition) is 9. The number of nitrogens with zero attached hydrogens (tertiary/aromatic N) is 2. The lowest BCUT2D eigenvalue weighted by Gasteiger charge is -2.26. The van der Waals surface area contributed by atoms with Crippen molar-refractivity contribution in [3.63, 3.8) is 0 Å². The van der Waals surface area contributed by atoms with Gasteiger partial charge < -0.3 is 25.6 Å². The predicted octanol–water partition coefficient (Wildman–Crippen LogP) is 3.78. The molecule has 0 radical (unpaired) electrons. The first-order valence-corrected chi connectivity index (χ1v) is 20.9. The van der Waals surface area contributed by atoms with Gasteiger partial charge in [-0.25, -0.2) is 13.4 Å². The molecular weight excluding hydrogens is 713 g/mol. The van der Waals surface area contributed by atoms with Gasteiger partial charge in [0.15, 0.2) is 0 Å². The van der Waals surface area contributed by atoms with Gasteiger partial charge in [0.05, 0.1) is 22.3 Å². The topological polar surface area (TPSA) is 208 Å². The molecule has 2 aromatic rings. The normalized spacial score (nSPS) is 17.8. The zero-order valence-electron chi connectivity index (χ0n) is 32.1. The van der Waals surface area contributed by atoms with Gasteiger partial charge in [-0.3, -0.25) is 28.7 Å². The molecule has 0 spiro atoms. The van der Waals surface area contributed by atoms with E-state index in [2.05, 4.69) is 32.2 Å². The van der Waals surface area contributed by atoms with Gasteiger partial charge in [-0.05, 0) is 82.8 Å². The average molecular weight is 773 g/mol. The maximum Gasteiger partial charge on any atom is 0.270 e. The summed E-state index contributed by atoms with van der Waals surface area (Å²) in [5, 5.41) is 11.9. The van der Waals surface area contributed by atoms with Crippen molar-refractivity contribution in [2.75, 3.05) is 20.2 Å². The molecule has 1 saturated heterocycles. The highest BCUT2D eigenvalue weighted by Gasteiger charge is 2.51. The number of unbranched alkanes of at least 4 members (excludes halogenated alkanes) is 5. The van der Waals surface area contributed by atoms with Crippen LogP contribution in [0.3, 0.4) is 0 Å². The van der Waals surface area contributed by atoms with Crippen LogP contribution in [0, 0.1) is 5.92 Å². The number of likely N-dealkylation sites (tertiary alicyclic amines) is 1. The molecule has 15 heteroatoms. The van der Waals surface area contributed by atoms with Crippen LogP contribution in [0.1, 0.15) is 116 Å². The number of carbonyl (C=O) groups is 4. The molecule has 2 heterocycles. The second kappa shape index (κ2) is 22.3. The number of rotatable bonds is 20. The van der Waals surface area contributed by atoms with E-state index in [0.29, 0.717) is 44.3 Å². The van der Waals surface area contributed by atoms with E-state index in [1.54, 1.807) is 13.0 Å². The third-order valence-electron chi connectivity index (χ3n) is 10.1. The van der Waals surface area contributed by atoms with E-state index in [9.17, 15) is 32.4 Å². The second-order valence-corrected chi connectivity index (χ2v) is 16.7. The Bertz CT molecular complexity index is 1720. The summed E-state index contributed by atoms with van der Waals surface area (Å²) in [5.74, 6) is -0.669. The Morgan fingerprint density at radius 2 is 1.80 bits per heavy atom. The van der Waals surface area contributed by atoms with E-state index < -0.39 is 38.7 Å². The Kier molecular flexibility index (Phi) is 18.3. The third kappa shape index (κ3) is 13.9. The molecule has 2 atom stereocenters. The maximum absolute atomic E-state index is 12.9. The summed E-state index contributed by atoms with van der Waals surface area (Å²) in [6, 6.07) is 5.85. The first kappa shape index (κ1) is 44.3. The molecule has 14 nitrogen and oxygen atoms in total. The van der Waals surface area contributed by atoms with Gasteiger partial charge in [0, 0.05) is 13.7 Å². The van der Waals surface area contributed by atoms with E-state index in [4.69, 9.17) is 5.11 Å². The quantitative estimate of drug-likeness (QED) is 0.0753. The molecule has 1 aromatic carbocycles. The number of aryl methyl sites for hydroxylation is 1. The van der Waals surface area contributed by atoms with Gasteiger partial charge in [0.25, 0.3) is 11.5 Å². The summed E-state index contributed by atoms with van der Waals surface area (Å²) in [6.45, 7) is 3.85. The van der Waals surface area contributed by atoms with E-state index in [-0.39, 0.29) is 24.4 Å². The minimum absolute atomic E-state index is 0.0270. The number of aliphatic hydroxyl groups is 1. The zero-order chi connectivity index (χ0) is 39.6. The Morgan fingerprint density at radius 1 is 1.06 bits per heavy atom. The number of aliphatic hydroxyl groups excluding tert-OH is 1. The summed E-state index contributed by atoms with van der Waals surface area (Å²) in [6.07, 6.45) is 18.9. The lowest BCUT2D eigenvalue weighted by molar-refractivity contribution is -0.139. The van der Waals surface area contributed by atoms with Gasteiger partial charge >= 0.3 is 0 Å². The molecule has 3 aliphatic rings. The molecular formula is C39H60N6O8S. The first-order chi connectivity index (χ1) is 26.0. The van der Waals surface area contributed by atoms with Gasteiger partial charge in [-0.15, -0.1) is 0 Å². The van der Waals surface area contributed by atoms with E-state index in [1.165, 1.54) is 37.0 Å². The van der Waals surface area contributed by atoms with Crippen molar-refractivity contribution in [1.29, 1.82) is 0 Å². The molecule has 54 heavy (non-hydrogen) atoms.